The fourth-order valence-corrected chi connectivity index (χ4v) is 4.29. The van der Waals surface area contributed by atoms with Crippen LogP contribution in [0.2, 0.25) is 0 Å². The summed E-state index contributed by atoms with van der Waals surface area (Å²) < 4.78 is 5.80. The van der Waals surface area contributed by atoms with E-state index >= 15 is 0 Å². The Balaban J connectivity index is 1.59. The van der Waals surface area contributed by atoms with Gasteiger partial charge in [-0.25, -0.2) is 0 Å². The maximum absolute atomic E-state index is 12.9. The van der Waals surface area contributed by atoms with Crippen LogP contribution in [0.15, 0.2) is 40.8 Å². The van der Waals surface area contributed by atoms with Crippen LogP contribution in [0.5, 0.6) is 0 Å². The van der Waals surface area contributed by atoms with Gasteiger partial charge >= 0.3 is 0 Å². The highest BCUT2D eigenvalue weighted by Crippen LogP contribution is 2.52. The molecule has 5 atom stereocenters. The Morgan fingerprint density at radius 1 is 1.15 bits per heavy atom. The number of benzene rings is 1. The van der Waals surface area contributed by atoms with Gasteiger partial charge in [0.1, 0.15) is 5.76 Å². The molecule has 0 radical (unpaired) electrons. The molecule has 0 spiro atoms. The van der Waals surface area contributed by atoms with Gasteiger partial charge in [0.25, 0.3) is 11.8 Å². The Kier molecular flexibility index (Phi) is 4.52. The van der Waals surface area contributed by atoms with Crippen LogP contribution >= 0.6 is 0 Å². The van der Waals surface area contributed by atoms with Crippen LogP contribution < -0.4 is 10.6 Å². The summed E-state index contributed by atoms with van der Waals surface area (Å²) in [6.45, 7) is 1.96. The predicted molar refractivity (Wildman–Crippen MR) is 99.5 cm³/mol. The molecule has 2 fully saturated rings. The van der Waals surface area contributed by atoms with Crippen molar-refractivity contribution in [3.05, 3.63) is 59.0 Å². The molecule has 3 N–H and O–H groups in total. The number of amides is 2. The van der Waals surface area contributed by atoms with Gasteiger partial charge in [-0.3, -0.25) is 9.59 Å². The molecule has 6 nitrogen and oxygen atoms in total. The SMILES string of the molecule is CNC(=O)c1cc(C(=O)NC2[C@H]3CC(O)C[C@@H]23)c(C(C)c2ccccc2)o1. The van der Waals surface area contributed by atoms with Gasteiger partial charge in [-0.2, -0.15) is 0 Å². The monoisotopic (exact) mass is 368 g/mol. The number of carbonyl (C=O) groups is 2. The molecule has 1 heterocycles. The molecule has 27 heavy (non-hydrogen) atoms. The minimum Gasteiger partial charge on any atom is -0.454 e. The van der Waals surface area contributed by atoms with Crippen molar-refractivity contribution < 1.29 is 19.1 Å². The Morgan fingerprint density at radius 2 is 1.81 bits per heavy atom. The quantitative estimate of drug-likeness (QED) is 0.755. The molecule has 2 aliphatic carbocycles. The maximum atomic E-state index is 12.9. The normalized spacial score (nSPS) is 26.9. The summed E-state index contributed by atoms with van der Waals surface area (Å²) in [7, 11) is 1.53. The second-order valence-corrected chi connectivity index (χ2v) is 7.55. The largest absolute Gasteiger partial charge is 0.454 e. The number of rotatable bonds is 5. The molecule has 4 rings (SSSR count). The zero-order chi connectivity index (χ0) is 19.1. The van der Waals surface area contributed by atoms with E-state index in [1.54, 1.807) is 0 Å². The molecule has 1 aromatic heterocycles. The minimum atomic E-state index is -0.359. The first-order valence-corrected chi connectivity index (χ1v) is 9.39. The van der Waals surface area contributed by atoms with E-state index in [9.17, 15) is 14.7 Å². The highest BCUT2D eigenvalue weighted by atomic mass is 16.4. The van der Waals surface area contributed by atoms with Gasteiger partial charge in [-0.15, -0.1) is 0 Å². The fraction of sp³-hybridized carbons (Fsp3) is 0.429. The first kappa shape index (κ1) is 17.8. The van der Waals surface area contributed by atoms with E-state index in [0.717, 1.165) is 18.4 Å². The maximum Gasteiger partial charge on any atom is 0.286 e. The average molecular weight is 368 g/mol. The van der Waals surface area contributed by atoms with Crippen molar-refractivity contribution in [2.75, 3.05) is 7.05 Å². The molecule has 0 bridgehead atoms. The number of fused-ring (bicyclic) bond motifs is 1. The highest BCUT2D eigenvalue weighted by molar-refractivity contribution is 5.99. The summed E-state index contributed by atoms with van der Waals surface area (Å²) in [6.07, 6.45) is 1.26. The first-order valence-electron chi connectivity index (χ1n) is 9.39. The van der Waals surface area contributed by atoms with Crippen LogP contribution in [0.3, 0.4) is 0 Å². The molecule has 2 aliphatic rings. The van der Waals surface area contributed by atoms with E-state index in [1.807, 2.05) is 37.3 Å². The first-order chi connectivity index (χ1) is 13.0. The third-order valence-corrected chi connectivity index (χ3v) is 5.87. The van der Waals surface area contributed by atoms with Crippen molar-refractivity contribution in [3.8, 4) is 0 Å². The molecule has 0 aliphatic heterocycles. The van der Waals surface area contributed by atoms with E-state index in [2.05, 4.69) is 10.6 Å². The average Bonchev–Trinajstić information content (AvgIpc) is 3.07. The van der Waals surface area contributed by atoms with E-state index in [0.29, 0.717) is 23.2 Å². The lowest BCUT2D eigenvalue weighted by Gasteiger charge is -2.13. The number of nitrogens with one attached hydrogen (secondary N) is 2. The number of hydrogen-bond acceptors (Lipinski definition) is 4. The van der Waals surface area contributed by atoms with Crippen LogP contribution in [-0.4, -0.2) is 36.1 Å². The lowest BCUT2D eigenvalue weighted by molar-refractivity contribution is 0.0924. The summed E-state index contributed by atoms with van der Waals surface area (Å²) in [6, 6.07) is 11.4. The van der Waals surface area contributed by atoms with Crippen LogP contribution in [0.1, 0.15) is 57.9 Å². The molecule has 0 saturated heterocycles. The standard InChI is InChI=1S/C21H24N2O4/c1-11(12-6-4-3-5-7-12)19-16(10-17(27-19)21(26)22-2)20(25)23-18-14-8-13(24)9-15(14)18/h3-7,10-11,13-15,18,24H,8-9H2,1-2H3,(H,22,26)(H,23,25)/t11?,13?,14-,15+,18?. The van der Waals surface area contributed by atoms with Gasteiger partial charge in [0.15, 0.2) is 5.76 Å². The molecule has 3 unspecified atom stereocenters. The van der Waals surface area contributed by atoms with E-state index in [-0.39, 0.29) is 35.6 Å². The topological polar surface area (TPSA) is 91.6 Å². The Hall–Kier alpha value is -2.60. The molecule has 142 valence electrons. The lowest BCUT2D eigenvalue weighted by atomic mass is 9.96. The van der Waals surface area contributed by atoms with Crippen LogP contribution in [0.4, 0.5) is 0 Å². The number of furan rings is 1. The molecular weight excluding hydrogens is 344 g/mol. The molecule has 2 aromatic rings. The summed E-state index contributed by atoms with van der Waals surface area (Å²) in [5.74, 6) is 0.608. The van der Waals surface area contributed by atoms with Crippen LogP contribution in [0.25, 0.3) is 0 Å². The van der Waals surface area contributed by atoms with Crippen molar-refractivity contribution in [1.82, 2.24) is 10.6 Å². The smallest absolute Gasteiger partial charge is 0.286 e. The van der Waals surface area contributed by atoms with Gasteiger partial charge in [0.05, 0.1) is 11.7 Å². The van der Waals surface area contributed by atoms with Crippen molar-refractivity contribution in [1.29, 1.82) is 0 Å². The molecular formula is C21H24N2O4. The number of carbonyl (C=O) groups excluding carboxylic acids is 2. The minimum absolute atomic E-state index is 0.110. The lowest BCUT2D eigenvalue weighted by Crippen LogP contribution is -2.30. The van der Waals surface area contributed by atoms with E-state index in [1.165, 1.54) is 13.1 Å². The summed E-state index contributed by atoms with van der Waals surface area (Å²) in [4.78, 5) is 24.9. The van der Waals surface area contributed by atoms with E-state index < -0.39 is 0 Å². The second kappa shape index (κ2) is 6.85. The van der Waals surface area contributed by atoms with Crippen molar-refractivity contribution >= 4 is 11.8 Å². The van der Waals surface area contributed by atoms with E-state index in [4.69, 9.17) is 4.42 Å². The van der Waals surface area contributed by atoms with Gasteiger partial charge in [-0.1, -0.05) is 37.3 Å². The zero-order valence-electron chi connectivity index (χ0n) is 15.4. The van der Waals surface area contributed by atoms with Gasteiger partial charge in [0.2, 0.25) is 0 Å². The van der Waals surface area contributed by atoms with Crippen LogP contribution in [0, 0.1) is 11.8 Å². The molecule has 2 saturated carbocycles. The Morgan fingerprint density at radius 3 is 2.44 bits per heavy atom. The summed E-state index contributed by atoms with van der Waals surface area (Å²) >= 11 is 0. The van der Waals surface area contributed by atoms with Gasteiger partial charge in [-0.05, 0) is 30.2 Å². The van der Waals surface area contributed by atoms with Crippen molar-refractivity contribution in [2.24, 2.45) is 11.8 Å². The molecule has 1 aromatic carbocycles. The number of aliphatic hydroxyl groups excluding tert-OH is 1. The van der Waals surface area contributed by atoms with Crippen LogP contribution in [-0.2, 0) is 0 Å². The fourth-order valence-electron chi connectivity index (χ4n) is 4.29. The molecule has 2 amide bonds. The van der Waals surface area contributed by atoms with Gasteiger partial charge < -0.3 is 20.2 Å². The number of aliphatic hydroxyl groups is 1. The molecule has 6 heteroatoms. The second-order valence-electron chi connectivity index (χ2n) is 7.55. The third-order valence-electron chi connectivity index (χ3n) is 5.87. The summed E-state index contributed by atoms with van der Waals surface area (Å²) in [5, 5.41) is 15.3. The van der Waals surface area contributed by atoms with Gasteiger partial charge in [0, 0.05) is 25.1 Å². The van der Waals surface area contributed by atoms with Crippen molar-refractivity contribution in [3.63, 3.8) is 0 Å². The Bertz CT molecular complexity index is 848. The van der Waals surface area contributed by atoms with Crippen molar-refractivity contribution in [2.45, 2.75) is 37.8 Å². The number of hydrogen-bond donors (Lipinski definition) is 3. The highest BCUT2D eigenvalue weighted by Gasteiger charge is 2.56. The predicted octanol–water partition coefficient (Wildman–Crippen LogP) is 2.29. The Labute approximate surface area is 158 Å². The zero-order valence-corrected chi connectivity index (χ0v) is 15.4. The summed E-state index contributed by atoms with van der Waals surface area (Å²) in [5.41, 5.74) is 1.41. The third kappa shape index (κ3) is 3.25.